The number of nitriles is 1. The maximum Gasteiger partial charge on any atom is 0.266 e. The lowest BCUT2D eigenvalue weighted by Gasteiger charge is -2.28. The zero-order valence-electron chi connectivity index (χ0n) is 34.5. The Hall–Kier alpha value is -7.16. The third-order valence-electron chi connectivity index (χ3n) is 11.2. The number of hydrogen-bond acceptors (Lipinski definition) is 12. The molecule has 1 aliphatic carbocycles. The van der Waals surface area contributed by atoms with Gasteiger partial charge in [-0.3, -0.25) is 48.3 Å². The number of benzene rings is 1. The molecule has 2 fully saturated rings. The fourth-order valence-electron chi connectivity index (χ4n) is 8.03. The fraction of sp³-hybridized carbons (Fsp3) is 0.409. The number of imide groups is 2. The Balaban J connectivity index is 0.792. The van der Waals surface area contributed by atoms with Gasteiger partial charge in [0.1, 0.15) is 29.3 Å². The number of fused-ring (bicyclic) bond motifs is 2. The van der Waals surface area contributed by atoms with Crippen LogP contribution in [0.15, 0.2) is 55.0 Å². The molecule has 1 saturated carbocycles. The van der Waals surface area contributed by atoms with Gasteiger partial charge in [-0.25, -0.2) is 9.97 Å². The van der Waals surface area contributed by atoms with Gasteiger partial charge in [-0.1, -0.05) is 6.07 Å². The summed E-state index contributed by atoms with van der Waals surface area (Å²) in [7, 11) is 0. The van der Waals surface area contributed by atoms with Crippen LogP contribution in [0, 0.1) is 17.2 Å². The molecule has 5 heterocycles. The Kier molecular flexibility index (Phi) is 13.2. The molecule has 3 aromatic heterocycles. The van der Waals surface area contributed by atoms with Gasteiger partial charge in [0.2, 0.25) is 17.7 Å². The summed E-state index contributed by atoms with van der Waals surface area (Å²) in [5.41, 5.74) is 2.20. The number of nitrogens with zero attached hydrogens (tertiary/aromatic N) is 5. The molecule has 5 N–H and O–H groups in total. The summed E-state index contributed by atoms with van der Waals surface area (Å²) in [6.45, 7) is 4.46. The number of unbranched alkanes of at least 4 members (excludes halogenated alkanes) is 2. The number of anilines is 1. The number of hydrogen-bond donors (Lipinski definition) is 5. The lowest BCUT2D eigenvalue weighted by Crippen LogP contribution is -2.54. The van der Waals surface area contributed by atoms with Crippen LogP contribution in [0.4, 0.5) is 5.69 Å². The maximum absolute atomic E-state index is 13.5. The molecule has 1 unspecified atom stereocenters. The Labute approximate surface area is 357 Å². The van der Waals surface area contributed by atoms with Crippen molar-refractivity contribution in [3.05, 3.63) is 77.2 Å². The highest BCUT2D eigenvalue weighted by atomic mass is 16.5. The molecule has 0 spiro atoms. The second-order valence-electron chi connectivity index (χ2n) is 16.0. The normalized spacial score (nSPS) is 18.5. The van der Waals surface area contributed by atoms with Gasteiger partial charge in [0.05, 0.1) is 27.9 Å². The number of amides is 7. The average Bonchev–Trinajstić information content (AvgIpc) is 3.79. The van der Waals surface area contributed by atoms with E-state index in [0.717, 1.165) is 23.1 Å². The van der Waals surface area contributed by atoms with Crippen LogP contribution in [0.2, 0.25) is 0 Å². The maximum atomic E-state index is 13.5. The van der Waals surface area contributed by atoms with Crippen molar-refractivity contribution in [2.45, 2.75) is 89.8 Å². The monoisotopic (exact) mass is 844 g/mol. The molecule has 0 radical (unpaired) electrons. The van der Waals surface area contributed by atoms with E-state index in [2.05, 4.69) is 42.6 Å². The van der Waals surface area contributed by atoms with Crippen LogP contribution < -0.4 is 31.3 Å². The van der Waals surface area contributed by atoms with Crippen molar-refractivity contribution in [3.63, 3.8) is 0 Å². The molecular weight excluding hydrogens is 797 g/mol. The van der Waals surface area contributed by atoms with Crippen molar-refractivity contribution in [3.8, 4) is 17.6 Å². The molecule has 1 atom stereocenters. The number of piperidine rings is 1. The van der Waals surface area contributed by atoms with E-state index in [1.54, 1.807) is 12.3 Å². The number of carbonyl (C=O) groups is 7. The van der Waals surface area contributed by atoms with E-state index in [-0.39, 0.29) is 59.5 Å². The molecule has 1 aromatic carbocycles. The molecular formula is C44H48N10O8. The number of ether oxygens (including phenoxy) is 1. The predicted molar refractivity (Wildman–Crippen MR) is 224 cm³/mol. The van der Waals surface area contributed by atoms with Gasteiger partial charge < -0.3 is 26.0 Å². The minimum Gasteiger partial charge on any atom is -0.483 e. The largest absolute Gasteiger partial charge is 0.483 e. The Morgan fingerprint density at radius 3 is 2.45 bits per heavy atom. The second-order valence-corrected chi connectivity index (χ2v) is 16.0. The van der Waals surface area contributed by atoms with Crippen molar-refractivity contribution >= 4 is 58.1 Å². The SMILES string of the molecule is CC(C)Nc1cc(-n2ccc3cc(C#N)cnc32)ncc1C(=O)NC1CCC(C(=O)NCCCCCNC(=O)COc2cccc3c2C(=O)N(C2CCC(=O)NC2=O)C3=O)CC1. The molecule has 18 heteroatoms. The second kappa shape index (κ2) is 19.0. The first kappa shape index (κ1) is 42.9. The summed E-state index contributed by atoms with van der Waals surface area (Å²) in [6, 6.07) is 10.9. The molecule has 3 aliphatic rings. The van der Waals surface area contributed by atoms with E-state index < -0.39 is 42.2 Å². The quantitative estimate of drug-likeness (QED) is 0.0806. The third-order valence-corrected chi connectivity index (χ3v) is 11.2. The highest BCUT2D eigenvalue weighted by Gasteiger charge is 2.46. The first-order chi connectivity index (χ1) is 29.9. The third kappa shape index (κ3) is 9.57. The average molecular weight is 845 g/mol. The number of pyridine rings is 2. The zero-order valence-corrected chi connectivity index (χ0v) is 34.5. The van der Waals surface area contributed by atoms with Crippen molar-refractivity contribution in [2.24, 2.45) is 5.92 Å². The molecule has 1 saturated heterocycles. The summed E-state index contributed by atoms with van der Waals surface area (Å²) >= 11 is 0. The van der Waals surface area contributed by atoms with Crippen molar-refractivity contribution in [2.75, 3.05) is 25.0 Å². The van der Waals surface area contributed by atoms with Crippen molar-refractivity contribution < 1.29 is 38.3 Å². The van der Waals surface area contributed by atoms with Gasteiger partial charge >= 0.3 is 0 Å². The van der Waals surface area contributed by atoms with E-state index in [9.17, 15) is 38.8 Å². The van der Waals surface area contributed by atoms with Crippen LogP contribution in [-0.2, 0) is 19.2 Å². The summed E-state index contributed by atoms with van der Waals surface area (Å²) in [5, 5.41) is 24.5. The zero-order chi connectivity index (χ0) is 43.9. The first-order valence-corrected chi connectivity index (χ1v) is 20.9. The van der Waals surface area contributed by atoms with E-state index in [1.165, 1.54) is 24.4 Å². The lowest BCUT2D eigenvalue weighted by atomic mass is 9.85. The van der Waals surface area contributed by atoms with Crippen LogP contribution in [0.3, 0.4) is 0 Å². The molecule has 62 heavy (non-hydrogen) atoms. The number of carbonyl (C=O) groups excluding carboxylic acids is 7. The Bertz CT molecular complexity index is 2470. The van der Waals surface area contributed by atoms with Crippen molar-refractivity contribution in [1.82, 2.24) is 40.7 Å². The van der Waals surface area contributed by atoms with Crippen LogP contribution in [0.1, 0.15) is 108 Å². The Morgan fingerprint density at radius 2 is 1.71 bits per heavy atom. The minimum atomic E-state index is -1.11. The van der Waals surface area contributed by atoms with E-state index in [1.807, 2.05) is 36.7 Å². The highest BCUT2D eigenvalue weighted by molar-refractivity contribution is 6.24. The lowest BCUT2D eigenvalue weighted by molar-refractivity contribution is -0.136. The van der Waals surface area contributed by atoms with E-state index in [4.69, 9.17) is 4.74 Å². The van der Waals surface area contributed by atoms with Gasteiger partial charge in [-0.15, -0.1) is 0 Å². The number of nitrogens with one attached hydrogen (secondary N) is 5. The summed E-state index contributed by atoms with van der Waals surface area (Å²) in [6.07, 6.45) is 9.70. The Morgan fingerprint density at radius 1 is 0.935 bits per heavy atom. The minimum absolute atomic E-state index is 0.00375. The number of aromatic nitrogens is 3. The molecule has 2 aliphatic heterocycles. The molecule has 7 amide bonds. The summed E-state index contributed by atoms with van der Waals surface area (Å²) in [4.78, 5) is 99.1. The predicted octanol–water partition coefficient (Wildman–Crippen LogP) is 3.28. The smallest absolute Gasteiger partial charge is 0.266 e. The van der Waals surface area contributed by atoms with Gasteiger partial charge in [0.25, 0.3) is 23.6 Å². The van der Waals surface area contributed by atoms with Crippen LogP contribution in [0.5, 0.6) is 5.75 Å². The van der Waals surface area contributed by atoms with Crippen LogP contribution in [-0.4, -0.2) is 98.6 Å². The molecule has 322 valence electrons. The summed E-state index contributed by atoms with van der Waals surface area (Å²) < 4.78 is 7.45. The van der Waals surface area contributed by atoms with Crippen LogP contribution in [0.25, 0.3) is 16.9 Å². The van der Waals surface area contributed by atoms with E-state index in [0.29, 0.717) is 73.5 Å². The van der Waals surface area contributed by atoms with Gasteiger partial charge in [-0.05, 0) is 89.5 Å². The first-order valence-electron chi connectivity index (χ1n) is 20.9. The van der Waals surface area contributed by atoms with Crippen LogP contribution >= 0.6 is 0 Å². The standard InChI is InChI=1S/C44H48N10O8/c1-25(2)50-32-20-35(53-18-15-28-19-26(21-45)22-49-39(28)53)48-23-31(32)41(58)51-29-11-9-27(10-12-29)40(57)47-17-5-3-4-16-46-37(56)24-62-34-8-6-7-30-38(34)44(61)54(43(30)60)33-13-14-36(55)52-42(33)59/h6-8,15,18-20,22-23,25,27,29,33H,3-5,9-14,16-17,24H2,1-2H3,(H,46,56)(H,47,57)(H,48,50)(H,51,58)(H,52,55,59). The van der Waals surface area contributed by atoms with E-state index >= 15 is 0 Å². The molecule has 18 nitrogen and oxygen atoms in total. The van der Waals surface area contributed by atoms with Gasteiger partial charge in [-0.2, -0.15) is 5.26 Å². The fourth-order valence-corrected chi connectivity index (χ4v) is 8.03. The molecule has 0 bridgehead atoms. The van der Waals surface area contributed by atoms with Gasteiger partial charge in [0, 0.05) is 67.6 Å². The topological polar surface area (TPSA) is 247 Å². The molecule has 7 rings (SSSR count). The number of rotatable bonds is 16. The highest BCUT2D eigenvalue weighted by Crippen LogP contribution is 2.34. The molecule has 4 aromatic rings. The van der Waals surface area contributed by atoms with Crippen molar-refractivity contribution in [1.29, 1.82) is 5.26 Å². The van der Waals surface area contributed by atoms with Gasteiger partial charge in [0.15, 0.2) is 6.61 Å². The summed E-state index contributed by atoms with van der Waals surface area (Å²) in [5.74, 6) is -2.74.